The van der Waals surface area contributed by atoms with Crippen LogP contribution >= 0.6 is 22.7 Å². The Hall–Kier alpha value is -0.680. The minimum atomic E-state index is -0.494. The highest BCUT2D eigenvalue weighted by Crippen LogP contribution is 2.29. The molecule has 4 heteroatoms. The molecule has 0 unspecified atom stereocenters. The number of nitrogens with two attached hydrogens (primary N) is 1. The Morgan fingerprint density at radius 2 is 2.21 bits per heavy atom. The molecule has 0 aliphatic heterocycles. The van der Waals surface area contributed by atoms with Gasteiger partial charge in [0, 0.05) is 16.3 Å². The average Bonchev–Trinajstić information content (AvgIpc) is 2.88. The molecule has 0 aromatic carbocycles. The van der Waals surface area contributed by atoms with Crippen molar-refractivity contribution in [3.05, 3.63) is 44.3 Å². The molecule has 0 spiro atoms. The van der Waals surface area contributed by atoms with Crippen molar-refractivity contribution in [2.24, 2.45) is 5.73 Å². The highest BCUT2D eigenvalue weighted by molar-refractivity contribution is 7.12. The Bertz CT molecular complexity index is 394. The molecule has 2 nitrogen and oxygen atoms in total. The molecule has 74 valence electrons. The molecule has 3 N–H and O–H groups in total. The molecule has 0 saturated carbocycles. The summed E-state index contributed by atoms with van der Waals surface area (Å²) in [7, 11) is 0. The van der Waals surface area contributed by atoms with Crippen molar-refractivity contribution in [3.8, 4) is 0 Å². The maximum atomic E-state index is 9.97. The molecule has 0 amide bonds. The first kappa shape index (κ1) is 9.86. The van der Waals surface area contributed by atoms with E-state index in [2.05, 4.69) is 0 Å². The summed E-state index contributed by atoms with van der Waals surface area (Å²) in [5.41, 5.74) is 6.47. The molecule has 0 fully saturated rings. The fourth-order valence-corrected chi connectivity index (χ4v) is 2.83. The molecule has 2 aromatic rings. The van der Waals surface area contributed by atoms with E-state index in [1.807, 2.05) is 29.0 Å². The maximum absolute atomic E-state index is 9.97. The van der Waals surface area contributed by atoms with Crippen LogP contribution in [0.5, 0.6) is 0 Å². The summed E-state index contributed by atoms with van der Waals surface area (Å²) < 4.78 is 0. The van der Waals surface area contributed by atoms with Crippen molar-refractivity contribution < 1.29 is 5.11 Å². The third-order valence-electron chi connectivity index (χ3n) is 2.01. The van der Waals surface area contributed by atoms with Crippen LogP contribution in [0.4, 0.5) is 0 Å². The first-order valence-electron chi connectivity index (χ1n) is 4.30. The van der Waals surface area contributed by atoms with E-state index in [9.17, 15) is 5.11 Å². The van der Waals surface area contributed by atoms with Crippen LogP contribution in [0.25, 0.3) is 0 Å². The summed E-state index contributed by atoms with van der Waals surface area (Å²) in [6.45, 7) is 0.543. The van der Waals surface area contributed by atoms with E-state index in [1.54, 1.807) is 22.7 Å². The summed E-state index contributed by atoms with van der Waals surface area (Å²) in [5, 5.41) is 13.9. The second-order valence-electron chi connectivity index (χ2n) is 2.97. The van der Waals surface area contributed by atoms with Gasteiger partial charge in [-0.1, -0.05) is 0 Å². The predicted octanol–water partition coefficient (Wildman–Crippen LogP) is 2.35. The van der Waals surface area contributed by atoms with Gasteiger partial charge in [-0.2, -0.15) is 11.3 Å². The summed E-state index contributed by atoms with van der Waals surface area (Å²) in [6, 6.07) is 5.85. The molecule has 2 rings (SSSR count). The van der Waals surface area contributed by atoms with Gasteiger partial charge in [-0.05, 0) is 34.5 Å². The van der Waals surface area contributed by atoms with Crippen molar-refractivity contribution in [2.75, 3.05) is 0 Å². The van der Waals surface area contributed by atoms with Crippen LogP contribution in [0.3, 0.4) is 0 Å². The normalized spacial score (nSPS) is 13.0. The van der Waals surface area contributed by atoms with E-state index in [0.717, 1.165) is 15.3 Å². The van der Waals surface area contributed by atoms with E-state index in [1.165, 1.54) is 0 Å². The van der Waals surface area contributed by atoms with Gasteiger partial charge in [-0.15, -0.1) is 11.3 Å². The lowest BCUT2D eigenvalue weighted by atomic mass is 10.2. The molecule has 2 aromatic heterocycles. The maximum Gasteiger partial charge on any atom is 0.114 e. The molecule has 2 heterocycles. The van der Waals surface area contributed by atoms with Gasteiger partial charge >= 0.3 is 0 Å². The minimum Gasteiger partial charge on any atom is -0.383 e. The van der Waals surface area contributed by atoms with Gasteiger partial charge in [0.25, 0.3) is 0 Å². The summed E-state index contributed by atoms with van der Waals surface area (Å²) in [6.07, 6.45) is -0.494. The molecule has 0 aliphatic carbocycles. The summed E-state index contributed by atoms with van der Waals surface area (Å²) in [4.78, 5) is 2.07. The molecule has 0 saturated heterocycles. The van der Waals surface area contributed by atoms with Crippen LogP contribution in [0.15, 0.2) is 29.0 Å². The van der Waals surface area contributed by atoms with Gasteiger partial charge in [0.2, 0.25) is 0 Å². The topological polar surface area (TPSA) is 46.2 Å². The van der Waals surface area contributed by atoms with Gasteiger partial charge in [0.1, 0.15) is 6.10 Å². The third-order valence-corrected chi connectivity index (χ3v) is 3.87. The van der Waals surface area contributed by atoms with E-state index < -0.39 is 6.10 Å². The smallest absolute Gasteiger partial charge is 0.114 e. The lowest BCUT2D eigenvalue weighted by Crippen LogP contribution is -1.94. The zero-order valence-corrected chi connectivity index (χ0v) is 9.15. The van der Waals surface area contributed by atoms with Crippen molar-refractivity contribution in [2.45, 2.75) is 12.6 Å². The Morgan fingerprint density at radius 1 is 1.36 bits per heavy atom. The average molecular weight is 225 g/mol. The number of rotatable bonds is 3. The highest BCUT2D eigenvalue weighted by atomic mass is 32.1. The first-order chi connectivity index (χ1) is 6.81. The molecule has 14 heavy (non-hydrogen) atoms. The zero-order valence-electron chi connectivity index (χ0n) is 7.51. The Morgan fingerprint density at radius 3 is 2.79 bits per heavy atom. The van der Waals surface area contributed by atoms with Crippen molar-refractivity contribution in [1.82, 2.24) is 0 Å². The highest BCUT2D eigenvalue weighted by Gasteiger charge is 2.12. The van der Waals surface area contributed by atoms with Gasteiger partial charge in [0.05, 0.1) is 0 Å². The molecule has 1 atom stereocenters. The van der Waals surface area contributed by atoms with Gasteiger partial charge in [-0.25, -0.2) is 0 Å². The van der Waals surface area contributed by atoms with Crippen molar-refractivity contribution in [3.63, 3.8) is 0 Å². The van der Waals surface area contributed by atoms with Crippen LogP contribution in [0.2, 0.25) is 0 Å². The lowest BCUT2D eigenvalue weighted by Gasteiger charge is -2.04. The minimum absolute atomic E-state index is 0.494. The number of thiophene rings is 2. The van der Waals surface area contributed by atoms with Crippen molar-refractivity contribution in [1.29, 1.82) is 0 Å². The SMILES string of the molecule is NCc1ccc([C@H](O)c2ccsc2)s1. The number of hydrogen-bond donors (Lipinski definition) is 2. The van der Waals surface area contributed by atoms with E-state index in [-0.39, 0.29) is 0 Å². The predicted molar refractivity (Wildman–Crippen MR) is 60.6 cm³/mol. The van der Waals surface area contributed by atoms with E-state index in [0.29, 0.717) is 6.54 Å². The number of aliphatic hydroxyl groups excluding tert-OH is 1. The van der Waals surface area contributed by atoms with Crippen LogP contribution in [-0.2, 0) is 6.54 Å². The molecule has 0 bridgehead atoms. The fraction of sp³-hybridized carbons (Fsp3) is 0.200. The molecule has 0 radical (unpaired) electrons. The molecule has 0 aliphatic rings. The number of aliphatic hydroxyl groups is 1. The lowest BCUT2D eigenvalue weighted by molar-refractivity contribution is 0.224. The second-order valence-corrected chi connectivity index (χ2v) is 4.95. The summed E-state index contributed by atoms with van der Waals surface area (Å²) >= 11 is 3.16. The van der Waals surface area contributed by atoms with Crippen LogP contribution in [0.1, 0.15) is 21.4 Å². The monoisotopic (exact) mass is 225 g/mol. The van der Waals surface area contributed by atoms with Crippen LogP contribution in [0, 0.1) is 0 Å². The Labute approximate surface area is 90.6 Å². The fourth-order valence-electron chi connectivity index (χ4n) is 1.25. The van der Waals surface area contributed by atoms with Crippen molar-refractivity contribution >= 4 is 22.7 Å². The number of hydrogen-bond acceptors (Lipinski definition) is 4. The Kier molecular flexibility index (Phi) is 2.98. The van der Waals surface area contributed by atoms with Crippen LogP contribution < -0.4 is 5.73 Å². The Balaban J connectivity index is 2.23. The summed E-state index contributed by atoms with van der Waals surface area (Å²) in [5.74, 6) is 0. The molecular weight excluding hydrogens is 214 g/mol. The largest absolute Gasteiger partial charge is 0.383 e. The van der Waals surface area contributed by atoms with E-state index in [4.69, 9.17) is 5.73 Å². The quantitative estimate of drug-likeness (QED) is 0.842. The standard InChI is InChI=1S/C10H11NOS2/c11-5-8-1-2-9(14-8)10(12)7-3-4-13-6-7/h1-4,6,10,12H,5,11H2/t10-/m1/s1. The van der Waals surface area contributed by atoms with Gasteiger partial charge < -0.3 is 10.8 Å². The van der Waals surface area contributed by atoms with Gasteiger partial charge in [-0.3, -0.25) is 0 Å². The second kappa shape index (κ2) is 4.23. The van der Waals surface area contributed by atoms with Gasteiger partial charge in [0.15, 0.2) is 0 Å². The first-order valence-corrected chi connectivity index (χ1v) is 6.06. The third kappa shape index (κ3) is 1.88. The molecular formula is C10H11NOS2. The van der Waals surface area contributed by atoms with Crippen LogP contribution in [-0.4, -0.2) is 5.11 Å². The zero-order chi connectivity index (χ0) is 9.97. The van der Waals surface area contributed by atoms with E-state index >= 15 is 0 Å².